The van der Waals surface area contributed by atoms with Crippen LogP contribution in [0.3, 0.4) is 0 Å². The summed E-state index contributed by atoms with van der Waals surface area (Å²) in [5.41, 5.74) is 2.29. The second-order valence-electron chi connectivity index (χ2n) is 3.63. The van der Waals surface area contributed by atoms with E-state index < -0.39 is 17.6 Å². The Bertz CT molecular complexity index is 432. The number of anilines is 1. The number of hydrogen-bond acceptors (Lipinski definition) is 2. The average Bonchev–Trinajstić information content (AvgIpc) is 2.19. The maximum atomic E-state index is 12.5. The Hall–Kier alpha value is -1.08. The predicted octanol–water partition coefficient (Wildman–Crippen LogP) is 2.67. The first kappa shape index (κ1) is 14.0. The summed E-state index contributed by atoms with van der Waals surface area (Å²) in [6.45, 7) is 0.624. The highest BCUT2D eigenvalue weighted by molar-refractivity contribution is 9.10. The van der Waals surface area contributed by atoms with Gasteiger partial charge < -0.3 is 11.1 Å². The number of alkyl halides is 3. The topological polar surface area (TPSA) is 55.1 Å². The minimum Gasteiger partial charge on any atom is -0.323 e. The Balaban J connectivity index is 2.91. The molecule has 7 heteroatoms. The smallest absolute Gasteiger partial charge is 0.323 e. The lowest BCUT2D eigenvalue weighted by molar-refractivity contribution is -0.184. The van der Waals surface area contributed by atoms with Crippen molar-refractivity contribution in [1.29, 1.82) is 0 Å². The Labute approximate surface area is 104 Å². The number of rotatable bonds is 2. The fourth-order valence-corrected chi connectivity index (χ4v) is 1.33. The monoisotopic (exact) mass is 310 g/mol. The first-order chi connectivity index (χ1) is 7.66. The fraction of sp³-hybridized carbons (Fsp3) is 0.300. The summed E-state index contributed by atoms with van der Waals surface area (Å²) in [5.74, 6) is -1.31. The van der Waals surface area contributed by atoms with E-state index in [2.05, 4.69) is 21.2 Å². The van der Waals surface area contributed by atoms with Crippen LogP contribution >= 0.6 is 15.9 Å². The molecule has 0 heterocycles. The number of nitrogens with two attached hydrogens (primary N) is 1. The number of halogens is 4. The molecule has 1 rings (SSSR count). The van der Waals surface area contributed by atoms with Crippen LogP contribution in [0.25, 0.3) is 0 Å². The van der Waals surface area contributed by atoms with E-state index in [-0.39, 0.29) is 5.69 Å². The fourth-order valence-electron chi connectivity index (χ4n) is 0.943. The van der Waals surface area contributed by atoms with Crippen LogP contribution in [-0.4, -0.2) is 17.6 Å². The number of para-hydroxylation sites is 1. The van der Waals surface area contributed by atoms with E-state index in [4.69, 9.17) is 5.73 Å². The number of hydrogen-bond donors (Lipinski definition) is 2. The van der Waals surface area contributed by atoms with Crippen molar-refractivity contribution in [3.63, 3.8) is 0 Å². The van der Waals surface area contributed by atoms with Crippen molar-refractivity contribution in [2.75, 3.05) is 5.32 Å². The minimum absolute atomic E-state index is 0.235. The molecular formula is C10H10BrF3N2O. The van der Waals surface area contributed by atoms with Crippen molar-refractivity contribution >= 4 is 27.5 Å². The zero-order valence-corrected chi connectivity index (χ0v) is 10.4. The normalized spacial score (nSPS) is 15.2. The molecule has 1 atom stereocenters. The van der Waals surface area contributed by atoms with Crippen molar-refractivity contribution < 1.29 is 18.0 Å². The molecule has 3 N–H and O–H groups in total. The van der Waals surface area contributed by atoms with E-state index in [1.807, 2.05) is 0 Å². The second-order valence-corrected chi connectivity index (χ2v) is 4.49. The molecule has 0 aliphatic heterocycles. The molecule has 0 spiro atoms. The number of nitrogens with one attached hydrogen (secondary N) is 1. The predicted molar refractivity (Wildman–Crippen MR) is 61.4 cm³/mol. The van der Waals surface area contributed by atoms with Crippen LogP contribution in [0.5, 0.6) is 0 Å². The molecule has 0 aliphatic carbocycles. The highest BCUT2D eigenvalue weighted by Crippen LogP contribution is 2.30. The van der Waals surface area contributed by atoms with Crippen molar-refractivity contribution in [2.45, 2.75) is 18.6 Å². The summed E-state index contributed by atoms with van der Waals surface area (Å²) in [4.78, 5) is 11.5. The number of benzene rings is 1. The molecule has 1 unspecified atom stereocenters. The molecule has 94 valence electrons. The third-order valence-corrected chi connectivity index (χ3v) is 2.87. The van der Waals surface area contributed by atoms with E-state index in [0.29, 0.717) is 11.4 Å². The molecule has 0 aromatic heterocycles. The van der Waals surface area contributed by atoms with E-state index in [1.165, 1.54) is 6.07 Å². The van der Waals surface area contributed by atoms with Gasteiger partial charge in [-0.05, 0) is 35.0 Å². The highest BCUT2D eigenvalue weighted by Gasteiger charge is 2.54. The largest absolute Gasteiger partial charge is 0.415 e. The van der Waals surface area contributed by atoms with Gasteiger partial charge in [0.15, 0.2) is 5.54 Å². The summed E-state index contributed by atoms with van der Waals surface area (Å²) in [6, 6.07) is 6.32. The van der Waals surface area contributed by atoms with Gasteiger partial charge in [-0.25, -0.2) is 0 Å². The molecule has 0 fully saturated rings. The average molecular weight is 311 g/mol. The van der Waals surface area contributed by atoms with Gasteiger partial charge in [0.2, 0.25) is 0 Å². The Morgan fingerprint density at radius 2 is 1.88 bits per heavy atom. The third-order valence-electron chi connectivity index (χ3n) is 2.18. The quantitative estimate of drug-likeness (QED) is 0.882. The molecule has 0 aliphatic rings. The number of carbonyl (C=O) groups is 1. The van der Waals surface area contributed by atoms with Crippen molar-refractivity contribution in [2.24, 2.45) is 5.73 Å². The van der Waals surface area contributed by atoms with Crippen LogP contribution in [0, 0.1) is 0 Å². The summed E-state index contributed by atoms with van der Waals surface area (Å²) in [5, 5.41) is 2.13. The van der Waals surface area contributed by atoms with Gasteiger partial charge in [-0.2, -0.15) is 13.2 Å². The third kappa shape index (κ3) is 2.98. The Morgan fingerprint density at radius 1 is 1.35 bits per heavy atom. The number of amides is 1. The van der Waals surface area contributed by atoms with Crippen LogP contribution < -0.4 is 11.1 Å². The van der Waals surface area contributed by atoms with Crippen molar-refractivity contribution in [3.8, 4) is 0 Å². The highest BCUT2D eigenvalue weighted by atomic mass is 79.9. The lowest BCUT2D eigenvalue weighted by Crippen LogP contribution is -2.59. The molecule has 1 aromatic carbocycles. The first-order valence-electron chi connectivity index (χ1n) is 4.58. The minimum atomic E-state index is -4.81. The van der Waals surface area contributed by atoms with Gasteiger partial charge >= 0.3 is 6.18 Å². The molecule has 3 nitrogen and oxygen atoms in total. The van der Waals surface area contributed by atoms with Gasteiger partial charge in [-0.1, -0.05) is 12.1 Å². The van der Waals surface area contributed by atoms with Gasteiger partial charge in [0.25, 0.3) is 5.91 Å². The van der Waals surface area contributed by atoms with Gasteiger partial charge in [0, 0.05) is 4.47 Å². The van der Waals surface area contributed by atoms with Crippen LogP contribution in [-0.2, 0) is 4.79 Å². The van der Waals surface area contributed by atoms with E-state index in [0.717, 1.165) is 0 Å². The molecule has 17 heavy (non-hydrogen) atoms. The van der Waals surface area contributed by atoms with Crippen LogP contribution in [0.15, 0.2) is 28.7 Å². The van der Waals surface area contributed by atoms with E-state index in [1.54, 1.807) is 18.2 Å². The summed E-state index contributed by atoms with van der Waals surface area (Å²) in [7, 11) is 0. The lowest BCUT2D eigenvalue weighted by Gasteiger charge is -2.26. The first-order valence-corrected chi connectivity index (χ1v) is 5.37. The van der Waals surface area contributed by atoms with Crippen molar-refractivity contribution in [3.05, 3.63) is 28.7 Å². The molecule has 0 radical (unpaired) electrons. The van der Waals surface area contributed by atoms with Crippen LogP contribution in [0.4, 0.5) is 18.9 Å². The zero-order valence-electron chi connectivity index (χ0n) is 8.81. The lowest BCUT2D eigenvalue weighted by atomic mass is 10.0. The Kier molecular flexibility index (Phi) is 3.83. The molecular weight excluding hydrogens is 301 g/mol. The van der Waals surface area contributed by atoms with Crippen LogP contribution in [0.1, 0.15) is 6.92 Å². The van der Waals surface area contributed by atoms with Gasteiger partial charge in [-0.15, -0.1) is 0 Å². The molecule has 1 amide bonds. The molecule has 0 saturated heterocycles. The van der Waals surface area contributed by atoms with Crippen LogP contribution in [0.2, 0.25) is 0 Å². The maximum Gasteiger partial charge on any atom is 0.415 e. The maximum absolute atomic E-state index is 12.5. The van der Waals surface area contributed by atoms with Crippen molar-refractivity contribution in [1.82, 2.24) is 0 Å². The SMILES string of the molecule is CC(N)(C(=O)Nc1ccccc1Br)C(F)(F)F. The molecule has 0 bridgehead atoms. The van der Waals surface area contributed by atoms with E-state index in [9.17, 15) is 18.0 Å². The summed E-state index contributed by atoms with van der Waals surface area (Å²) < 4.78 is 37.9. The molecule has 0 saturated carbocycles. The van der Waals surface area contributed by atoms with Gasteiger partial charge in [-0.3, -0.25) is 4.79 Å². The van der Waals surface area contributed by atoms with E-state index >= 15 is 0 Å². The van der Waals surface area contributed by atoms with Gasteiger partial charge in [0.1, 0.15) is 0 Å². The zero-order chi connectivity index (χ0) is 13.3. The standard InChI is InChI=1S/C10H10BrF3N2O/c1-9(15,10(12,13)14)8(17)16-7-5-3-2-4-6(7)11/h2-5H,15H2,1H3,(H,16,17). The summed E-state index contributed by atoms with van der Waals surface area (Å²) >= 11 is 3.11. The number of carbonyl (C=O) groups excluding carboxylic acids is 1. The van der Waals surface area contributed by atoms with Gasteiger partial charge in [0.05, 0.1) is 5.69 Å². The second kappa shape index (κ2) is 4.66. The Morgan fingerprint density at radius 3 is 2.35 bits per heavy atom. The molecule has 1 aromatic rings. The summed E-state index contributed by atoms with van der Waals surface area (Å²) in [6.07, 6.45) is -4.81.